The first kappa shape index (κ1) is 21.0. The molecule has 0 atom stereocenters. The average Bonchev–Trinajstić information content (AvgIpc) is 2.79. The van der Waals surface area contributed by atoms with E-state index in [0.717, 1.165) is 30.9 Å². The van der Waals surface area contributed by atoms with Gasteiger partial charge in [-0.15, -0.1) is 10.2 Å². The Balaban J connectivity index is 1.49. The third-order valence-electron chi connectivity index (χ3n) is 5.14. The molecule has 1 aliphatic rings. The summed E-state index contributed by atoms with van der Waals surface area (Å²) >= 11 is 0. The number of anilines is 1. The molecule has 1 aliphatic heterocycles. The molecule has 31 heavy (non-hydrogen) atoms. The number of hydrogen-bond acceptors (Lipinski definition) is 5. The largest absolute Gasteiger partial charge is 0.435 e. The smallest absolute Gasteiger partial charge is 0.353 e. The Bertz CT molecular complexity index is 1010. The Hall–Kier alpha value is -3.26. The third kappa shape index (κ3) is 5.46. The van der Waals surface area contributed by atoms with Gasteiger partial charge >= 0.3 is 6.18 Å². The molecule has 3 heterocycles. The number of halogens is 3. The van der Waals surface area contributed by atoms with Crippen molar-refractivity contribution in [3.05, 3.63) is 83.3 Å². The summed E-state index contributed by atoms with van der Waals surface area (Å²) in [6.45, 7) is 3.62. The molecule has 0 aliphatic carbocycles. The van der Waals surface area contributed by atoms with Crippen LogP contribution >= 0.6 is 0 Å². The molecule has 0 spiro atoms. The van der Waals surface area contributed by atoms with Crippen LogP contribution < -0.4 is 4.90 Å². The molecule has 0 unspecified atom stereocenters. The van der Waals surface area contributed by atoms with Crippen molar-refractivity contribution in [3.63, 3.8) is 0 Å². The van der Waals surface area contributed by atoms with Crippen LogP contribution in [0.4, 0.5) is 19.0 Å². The third-order valence-corrected chi connectivity index (χ3v) is 5.14. The molecule has 0 N–H and O–H groups in total. The summed E-state index contributed by atoms with van der Waals surface area (Å²) in [7, 11) is 0. The maximum absolute atomic E-state index is 13.4. The van der Waals surface area contributed by atoms with Gasteiger partial charge in [-0.2, -0.15) is 13.2 Å². The number of nitrogens with zero attached hydrogens (tertiary/aromatic N) is 5. The number of rotatable bonds is 5. The van der Waals surface area contributed by atoms with Gasteiger partial charge in [0.1, 0.15) is 0 Å². The van der Waals surface area contributed by atoms with Gasteiger partial charge in [0.25, 0.3) is 0 Å². The minimum Gasteiger partial charge on any atom is -0.353 e. The fraction of sp³-hybridized carbons (Fsp3) is 0.261. The van der Waals surface area contributed by atoms with Crippen LogP contribution in [0.2, 0.25) is 0 Å². The lowest BCUT2D eigenvalue weighted by Crippen LogP contribution is -2.46. The molecule has 2 aromatic heterocycles. The molecule has 0 radical (unpaired) electrons. The topological polar surface area (TPSA) is 45.2 Å². The van der Waals surface area contributed by atoms with E-state index in [9.17, 15) is 13.2 Å². The highest BCUT2D eigenvalue weighted by atomic mass is 19.4. The molecule has 1 saturated heterocycles. The lowest BCUT2D eigenvalue weighted by atomic mass is 10.1. The number of alkyl halides is 3. The summed E-state index contributed by atoms with van der Waals surface area (Å²) in [6.07, 6.45) is 0.311. The second kappa shape index (κ2) is 9.26. The highest BCUT2D eigenvalue weighted by molar-refractivity contribution is 5.72. The molecular weight excluding hydrogens is 403 g/mol. The molecule has 0 saturated carbocycles. The number of hydrogen-bond donors (Lipinski definition) is 0. The summed E-state index contributed by atoms with van der Waals surface area (Å²) in [6, 6.07) is 16.5. The average molecular weight is 425 g/mol. The Kier molecular flexibility index (Phi) is 6.27. The Morgan fingerprint density at radius 2 is 1.61 bits per heavy atom. The molecule has 1 fully saturated rings. The van der Waals surface area contributed by atoms with E-state index in [1.165, 1.54) is 12.1 Å². The molecule has 1 aromatic carbocycles. The van der Waals surface area contributed by atoms with Crippen molar-refractivity contribution in [2.75, 3.05) is 31.1 Å². The van der Waals surface area contributed by atoms with Crippen molar-refractivity contribution in [3.8, 4) is 0 Å². The number of aromatic nitrogens is 3. The Morgan fingerprint density at radius 1 is 0.871 bits per heavy atom. The predicted octanol–water partition coefficient (Wildman–Crippen LogP) is 4.38. The summed E-state index contributed by atoms with van der Waals surface area (Å²) in [4.78, 5) is 8.59. The van der Waals surface area contributed by atoms with Gasteiger partial charge in [0.2, 0.25) is 0 Å². The predicted molar refractivity (Wildman–Crippen MR) is 114 cm³/mol. The van der Waals surface area contributed by atoms with Gasteiger partial charge in [-0.1, -0.05) is 48.6 Å². The van der Waals surface area contributed by atoms with Crippen LogP contribution in [0, 0.1) is 0 Å². The SMILES string of the molecule is FC(F)(F)c1nnc(N2CCN(Cc3ccccn3)CC2)cc1C=Cc1ccccc1. The van der Waals surface area contributed by atoms with Crippen LogP contribution in [0.5, 0.6) is 0 Å². The van der Waals surface area contributed by atoms with E-state index in [4.69, 9.17) is 0 Å². The molecule has 0 amide bonds. The van der Waals surface area contributed by atoms with E-state index in [2.05, 4.69) is 20.1 Å². The summed E-state index contributed by atoms with van der Waals surface area (Å²) in [5, 5.41) is 7.42. The van der Waals surface area contributed by atoms with Crippen LogP contribution in [0.1, 0.15) is 22.5 Å². The molecule has 4 rings (SSSR count). The van der Waals surface area contributed by atoms with Crippen molar-refractivity contribution < 1.29 is 13.2 Å². The zero-order chi connectivity index (χ0) is 21.7. The van der Waals surface area contributed by atoms with Crippen molar-refractivity contribution in [2.24, 2.45) is 0 Å². The molecule has 0 bridgehead atoms. The van der Waals surface area contributed by atoms with Gasteiger partial charge in [-0.05, 0) is 23.8 Å². The first-order valence-corrected chi connectivity index (χ1v) is 10.0. The van der Waals surface area contributed by atoms with E-state index < -0.39 is 11.9 Å². The first-order chi connectivity index (χ1) is 15.0. The number of benzene rings is 1. The van der Waals surface area contributed by atoms with Gasteiger partial charge in [-0.25, -0.2) is 0 Å². The van der Waals surface area contributed by atoms with Crippen molar-refractivity contribution >= 4 is 18.0 Å². The van der Waals surface area contributed by atoms with Crippen LogP contribution in [-0.4, -0.2) is 46.3 Å². The summed E-state index contributed by atoms with van der Waals surface area (Å²) in [5.41, 5.74) is 0.852. The maximum atomic E-state index is 13.4. The first-order valence-electron chi connectivity index (χ1n) is 10.0. The zero-order valence-electron chi connectivity index (χ0n) is 16.8. The maximum Gasteiger partial charge on any atom is 0.435 e. The van der Waals surface area contributed by atoms with Gasteiger partial charge in [0.05, 0.1) is 5.69 Å². The van der Waals surface area contributed by atoms with E-state index >= 15 is 0 Å². The minimum absolute atomic E-state index is 0.0114. The molecule has 3 aromatic rings. The number of pyridine rings is 1. The Labute approximate surface area is 178 Å². The van der Waals surface area contributed by atoms with Gasteiger partial charge in [0.15, 0.2) is 11.5 Å². The second-order valence-electron chi connectivity index (χ2n) is 7.33. The molecular formula is C23H22F3N5. The summed E-state index contributed by atoms with van der Waals surface area (Å²) in [5.74, 6) is 0.457. The quantitative estimate of drug-likeness (QED) is 0.607. The van der Waals surface area contributed by atoms with Crippen molar-refractivity contribution in [1.29, 1.82) is 0 Å². The van der Waals surface area contributed by atoms with Crippen molar-refractivity contribution in [1.82, 2.24) is 20.1 Å². The fourth-order valence-electron chi connectivity index (χ4n) is 3.50. The fourth-order valence-corrected chi connectivity index (χ4v) is 3.50. The van der Waals surface area contributed by atoms with E-state index in [1.807, 2.05) is 53.4 Å². The second-order valence-corrected chi connectivity index (χ2v) is 7.33. The monoisotopic (exact) mass is 425 g/mol. The van der Waals surface area contributed by atoms with Crippen molar-refractivity contribution in [2.45, 2.75) is 12.7 Å². The standard InChI is InChI=1S/C23H22F3N5/c24-23(25,26)22-19(10-9-18-6-2-1-3-7-18)16-21(28-29-22)31-14-12-30(13-15-31)17-20-8-4-5-11-27-20/h1-11,16H,12-15,17H2. The highest BCUT2D eigenvalue weighted by Gasteiger charge is 2.36. The summed E-state index contributed by atoms with van der Waals surface area (Å²) < 4.78 is 40.3. The zero-order valence-corrected chi connectivity index (χ0v) is 16.8. The van der Waals surface area contributed by atoms with Gasteiger partial charge in [-0.3, -0.25) is 9.88 Å². The minimum atomic E-state index is -4.57. The molecule has 160 valence electrons. The van der Waals surface area contributed by atoms with E-state index in [-0.39, 0.29) is 5.56 Å². The molecule has 5 nitrogen and oxygen atoms in total. The van der Waals surface area contributed by atoms with Gasteiger partial charge in [0, 0.05) is 44.5 Å². The molecule has 8 heteroatoms. The number of piperazine rings is 1. The van der Waals surface area contributed by atoms with Crippen LogP contribution in [0.15, 0.2) is 60.8 Å². The van der Waals surface area contributed by atoms with Gasteiger partial charge < -0.3 is 4.90 Å². The lowest BCUT2D eigenvalue weighted by molar-refractivity contribution is -0.141. The lowest BCUT2D eigenvalue weighted by Gasteiger charge is -2.35. The van der Waals surface area contributed by atoms with Crippen LogP contribution in [0.3, 0.4) is 0 Å². The van der Waals surface area contributed by atoms with Crippen LogP contribution in [-0.2, 0) is 12.7 Å². The Morgan fingerprint density at radius 3 is 2.29 bits per heavy atom. The normalized spacial score (nSPS) is 15.5. The van der Waals surface area contributed by atoms with E-state index in [1.54, 1.807) is 12.3 Å². The van der Waals surface area contributed by atoms with E-state index in [0.29, 0.717) is 18.9 Å². The van der Waals surface area contributed by atoms with Crippen LogP contribution in [0.25, 0.3) is 12.2 Å². The highest BCUT2D eigenvalue weighted by Crippen LogP contribution is 2.32.